The highest BCUT2D eigenvalue weighted by molar-refractivity contribution is 6.30. The minimum atomic E-state index is -0.0823. The molecule has 3 nitrogen and oxygen atoms in total. The number of nitrogens with two attached hydrogens (primary N) is 1. The van der Waals surface area contributed by atoms with Crippen molar-refractivity contribution in [2.75, 3.05) is 12.8 Å². The van der Waals surface area contributed by atoms with Crippen LogP contribution in [-0.4, -0.2) is 17.9 Å². The second-order valence-corrected chi connectivity index (χ2v) is 5.31. The van der Waals surface area contributed by atoms with Crippen molar-refractivity contribution in [2.24, 2.45) is 0 Å². The van der Waals surface area contributed by atoms with Crippen LogP contribution >= 0.6 is 11.6 Å². The van der Waals surface area contributed by atoms with E-state index in [9.17, 15) is 4.79 Å². The molecule has 0 bridgehead atoms. The number of halogens is 1. The zero-order valence-corrected chi connectivity index (χ0v) is 12.3. The van der Waals surface area contributed by atoms with Crippen molar-refractivity contribution < 1.29 is 4.79 Å². The fraction of sp³-hybridized carbons (Fsp3) is 0.188. The Morgan fingerprint density at radius 1 is 1.20 bits per heavy atom. The summed E-state index contributed by atoms with van der Waals surface area (Å²) in [6.07, 6.45) is 0. The molecule has 0 atom stereocenters. The molecule has 0 radical (unpaired) electrons. The van der Waals surface area contributed by atoms with Crippen LogP contribution in [0, 0.1) is 6.92 Å². The third-order valence-electron chi connectivity index (χ3n) is 3.12. The van der Waals surface area contributed by atoms with Crippen molar-refractivity contribution in [1.82, 2.24) is 4.90 Å². The van der Waals surface area contributed by atoms with Gasteiger partial charge in [-0.2, -0.15) is 0 Å². The molecule has 0 aromatic heterocycles. The number of anilines is 1. The predicted octanol–water partition coefficient (Wildman–Crippen LogP) is 3.50. The number of aryl methyl sites for hydroxylation is 1. The molecule has 2 rings (SSSR count). The van der Waals surface area contributed by atoms with Crippen LogP contribution in [0.15, 0.2) is 42.5 Å². The van der Waals surface area contributed by atoms with E-state index in [1.807, 2.05) is 43.3 Å². The minimum absolute atomic E-state index is 0.0823. The molecule has 0 saturated carbocycles. The molecular weight excluding hydrogens is 272 g/mol. The highest BCUT2D eigenvalue weighted by Gasteiger charge is 2.15. The number of nitrogen functional groups attached to an aromatic ring is 1. The number of carbonyl (C=O) groups excluding carboxylic acids is 1. The first-order chi connectivity index (χ1) is 9.47. The Kier molecular flexibility index (Phi) is 4.30. The highest BCUT2D eigenvalue weighted by Crippen LogP contribution is 2.17. The zero-order valence-electron chi connectivity index (χ0n) is 11.6. The van der Waals surface area contributed by atoms with Crippen LogP contribution in [0.5, 0.6) is 0 Å². The van der Waals surface area contributed by atoms with Gasteiger partial charge in [0.05, 0.1) is 5.56 Å². The normalized spacial score (nSPS) is 10.3. The molecule has 1 amide bonds. The summed E-state index contributed by atoms with van der Waals surface area (Å²) in [4.78, 5) is 14.1. The SMILES string of the molecule is Cc1ccc(N)c(C(=O)N(C)Cc2ccc(Cl)cc2)c1. The van der Waals surface area contributed by atoms with Crippen LogP contribution in [0.3, 0.4) is 0 Å². The molecule has 0 aliphatic carbocycles. The fourth-order valence-electron chi connectivity index (χ4n) is 2.00. The van der Waals surface area contributed by atoms with Crippen LogP contribution in [0.4, 0.5) is 5.69 Å². The average molecular weight is 289 g/mol. The van der Waals surface area contributed by atoms with Crippen LogP contribution < -0.4 is 5.73 Å². The molecule has 0 unspecified atom stereocenters. The van der Waals surface area contributed by atoms with Crippen molar-refractivity contribution in [3.8, 4) is 0 Å². The molecule has 0 saturated heterocycles. The number of rotatable bonds is 3. The summed E-state index contributed by atoms with van der Waals surface area (Å²) in [6, 6.07) is 12.9. The Morgan fingerprint density at radius 3 is 2.50 bits per heavy atom. The molecule has 2 aromatic carbocycles. The second kappa shape index (κ2) is 5.97. The summed E-state index contributed by atoms with van der Waals surface area (Å²) in [5, 5.41) is 0.686. The Morgan fingerprint density at radius 2 is 1.85 bits per heavy atom. The Labute approximate surface area is 124 Å². The average Bonchev–Trinajstić information content (AvgIpc) is 2.43. The van der Waals surface area contributed by atoms with Crippen molar-refractivity contribution in [3.63, 3.8) is 0 Å². The molecular formula is C16H17ClN2O. The topological polar surface area (TPSA) is 46.3 Å². The maximum Gasteiger partial charge on any atom is 0.255 e. The van der Waals surface area contributed by atoms with Gasteiger partial charge in [-0.1, -0.05) is 35.4 Å². The minimum Gasteiger partial charge on any atom is -0.398 e. The van der Waals surface area contributed by atoms with Crippen molar-refractivity contribution in [2.45, 2.75) is 13.5 Å². The number of hydrogen-bond acceptors (Lipinski definition) is 2. The Hall–Kier alpha value is -2.00. The molecule has 0 aliphatic rings. The van der Waals surface area contributed by atoms with E-state index in [2.05, 4.69) is 0 Å². The van der Waals surface area contributed by atoms with E-state index in [4.69, 9.17) is 17.3 Å². The summed E-state index contributed by atoms with van der Waals surface area (Å²) in [5.41, 5.74) is 8.96. The van der Waals surface area contributed by atoms with Gasteiger partial charge in [0.25, 0.3) is 5.91 Å². The van der Waals surface area contributed by atoms with Crippen molar-refractivity contribution >= 4 is 23.2 Å². The maximum absolute atomic E-state index is 12.4. The molecule has 20 heavy (non-hydrogen) atoms. The molecule has 4 heteroatoms. The van der Waals surface area contributed by atoms with E-state index in [0.717, 1.165) is 11.1 Å². The van der Waals surface area contributed by atoms with Gasteiger partial charge in [0, 0.05) is 24.3 Å². The van der Waals surface area contributed by atoms with E-state index >= 15 is 0 Å². The van der Waals surface area contributed by atoms with Gasteiger partial charge in [0.15, 0.2) is 0 Å². The van der Waals surface area contributed by atoms with Crippen molar-refractivity contribution in [3.05, 3.63) is 64.2 Å². The molecule has 104 valence electrons. The third kappa shape index (κ3) is 3.31. The van der Waals surface area contributed by atoms with E-state index in [0.29, 0.717) is 22.8 Å². The lowest BCUT2D eigenvalue weighted by atomic mass is 10.1. The largest absolute Gasteiger partial charge is 0.398 e. The van der Waals surface area contributed by atoms with Gasteiger partial charge in [-0.25, -0.2) is 0 Å². The van der Waals surface area contributed by atoms with Gasteiger partial charge in [-0.15, -0.1) is 0 Å². The first kappa shape index (κ1) is 14.4. The fourth-order valence-corrected chi connectivity index (χ4v) is 2.12. The lowest BCUT2D eigenvalue weighted by molar-refractivity contribution is 0.0786. The number of amides is 1. The summed E-state index contributed by atoms with van der Waals surface area (Å²) >= 11 is 5.85. The van der Waals surface area contributed by atoms with Crippen LogP contribution in [-0.2, 0) is 6.54 Å². The van der Waals surface area contributed by atoms with Gasteiger partial charge in [0.1, 0.15) is 0 Å². The monoisotopic (exact) mass is 288 g/mol. The second-order valence-electron chi connectivity index (χ2n) is 4.88. The van der Waals surface area contributed by atoms with Gasteiger partial charge in [-0.05, 0) is 36.8 Å². The van der Waals surface area contributed by atoms with E-state index in [1.54, 1.807) is 18.0 Å². The van der Waals surface area contributed by atoms with Gasteiger partial charge < -0.3 is 10.6 Å². The molecule has 0 aliphatic heterocycles. The first-order valence-corrected chi connectivity index (χ1v) is 6.71. The highest BCUT2D eigenvalue weighted by atomic mass is 35.5. The number of hydrogen-bond donors (Lipinski definition) is 1. The van der Waals surface area contributed by atoms with Crippen LogP contribution in [0.25, 0.3) is 0 Å². The number of carbonyl (C=O) groups is 1. The van der Waals surface area contributed by atoms with Crippen LogP contribution in [0.2, 0.25) is 5.02 Å². The molecule has 2 aromatic rings. The summed E-state index contributed by atoms with van der Waals surface area (Å²) in [5.74, 6) is -0.0823. The lowest BCUT2D eigenvalue weighted by Crippen LogP contribution is -2.27. The smallest absolute Gasteiger partial charge is 0.255 e. The number of benzene rings is 2. The quantitative estimate of drug-likeness (QED) is 0.879. The van der Waals surface area contributed by atoms with Gasteiger partial charge in [0.2, 0.25) is 0 Å². The van der Waals surface area contributed by atoms with E-state index in [-0.39, 0.29) is 5.91 Å². The van der Waals surface area contributed by atoms with E-state index < -0.39 is 0 Å². The summed E-state index contributed by atoms with van der Waals surface area (Å²) in [7, 11) is 1.76. The standard InChI is InChI=1S/C16H17ClN2O/c1-11-3-8-15(18)14(9-11)16(20)19(2)10-12-4-6-13(17)7-5-12/h3-9H,10,18H2,1-2H3. The number of nitrogens with zero attached hydrogens (tertiary/aromatic N) is 1. The summed E-state index contributed by atoms with van der Waals surface area (Å²) in [6.45, 7) is 2.46. The van der Waals surface area contributed by atoms with Gasteiger partial charge >= 0.3 is 0 Å². The van der Waals surface area contributed by atoms with Crippen molar-refractivity contribution in [1.29, 1.82) is 0 Å². The lowest BCUT2D eigenvalue weighted by Gasteiger charge is -2.18. The first-order valence-electron chi connectivity index (χ1n) is 6.33. The maximum atomic E-state index is 12.4. The molecule has 0 heterocycles. The van der Waals surface area contributed by atoms with Gasteiger partial charge in [-0.3, -0.25) is 4.79 Å². The Balaban J connectivity index is 2.16. The molecule has 0 fully saturated rings. The summed E-state index contributed by atoms with van der Waals surface area (Å²) < 4.78 is 0. The van der Waals surface area contributed by atoms with E-state index in [1.165, 1.54) is 0 Å². The van der Waals surface area contributed by atoms with Crippen LogP contribution in [0.1, 0.15) is 21.5 Å². The molecule has 0 spiro atoms. The Bertz CT molecular complexity index is 623. The third-order valence-corrected chi connectivity index (χ3v) is 3.37. The zero-order chi connectivity index (χ0) is 14.7. The molecule has 2 N–H and O–H groups in total. The predicted molar refractivity (Wildman–Crippen MR) is 82.8 cm³/mol.